The fourth-order valence-corrected chi connectivity index (χ4v) is 2.43. The van der Waals surface area contributed by atoms with E-state index in [2.05, 4.69) is 12.2 Å². The summed E-state index contributed by atoms with van der Waals surface area (Å²) < 4.78 is 32.9. The van der Waals surface area contributed by atoms with Crippen molar-refractivity contribution >= 4 is 0 Å². The van der Waals surface area contributed by atoms with E-state index in [0.29, 0.717) is 17.7 Å². The molecule has 0 spiro atoms. The van der Waals surface area contributed by atoms with Crippen molar-refractivity contribution in [2.45, 2.75) is 39.2 Å². The van der Waals surface area contributed by atoms with Gasteiger partial charge in [-0.1, -0.05) is 6.92 Å². The first-order valence-electron chi connectivity index (χ1n) is 7.13. The van der Waals surface area contributed by atoms with Gasteiger partial charge in [0.1, 0.15) is 11.6 Å². The molecule has 1 heterocycles. The lowest BCUT2D eigenvalue weighted by molar-refractivity contribution is 0.219. The molecule has 0 saturated carbocycles. The number of hydrogen-bond acceptors (Lipinski definition) is 2. The molecule has 0 bridgehead atoms. The summed E-state index contributed by atoms with van der Waals surface area (Å²) in [4.78, 5) is 0. The predicted octanol–water partition coefficient (Wildman–Crippen LogP) is 4.01. The first-order chi connectivity index (χ1) is 9.63. The van der Waals surface area contributed by atoms with Crippen molar-refractivity contribution in [1.82, 2.24) is 5.32 Å². The van der Waals surface area contributed by atoms with Crippen molar-refractivity contribution < 1.29 is 13.5 Å². The quantitative estimate of drug-likeness (QED) is 0.880. The third-order valence-electron chi connectivity index (χ3n) is 3.52. The minimum Gasteiger partial charge on any atom is -0.501 e. The van der Waals surface area contributed by atoms with Gasteiger partial charge in [-0.25, -0.2) is 8.78 Å². The predicted molar refractivity (Wildman–Crippen MR) is 75.4 cm³/mol. The molecule has 1 aliphatic heterocycles. The fourth-order valence-electron chi connectivity index (χ4n) is 2.43. The van der Waals surface area contributed by atoms with Gasteiger partial charge in [-0.3, -0.25) is 0 Å². The summed E-state index contributed by atoms with van der Waals surface area (Å²) in [5.41, 5.74) is 1.98. The Morgan fingerprint density at radius 2 is 2.10 bits per heavy atom. The summed E-state index contributed by atoms with van der Waals surface area (Å²) in [5.74, 6) is -1.01. The monoisotopic (exact) mass is 281 g/mol. The van der Waals surface area contributed by atoms with Crippen molar-refractivity contribution in [1.29, 1.82) is 0 Å². The second kappa shape index (κ2) is 6.84. The Hall–Kier alpha value is -1.42. The summed E-state index contributed by atoms with van der Waals surface area (Å²) >= 11 is 0. The third kappa shape index (κ3) is 3.37. The van der Waals surface area contributed by atoms with Crippen molar-refractivity contribution in [2.24, 2.45) is 0 Å². The maximum Gasteiger partial charge on any atom is 0.131 e. The number of nitrogens with one attached hydrogen (secondary N) is 1. The molecule has 2 rings (SSSR count). The second-order valence-electron chi connectivity index (χ2n) is 5.18. The Balaban J connectivity index is 2.35. The van der Waals surface area contributed by atoms with Gasteiger partial charge < -0.3 is 10.1 Å². The molecule has 1 atom stereocenters. The topological polar surface area (TPSA) is 21.3 Å². The van der Waals surface area contributed by atoms with E-state index in [4.69, 9.17) is 4.74 Å². The molecule has 2 nitrogen and oxygen atoms in total. The maximum atomic E-state index is 14.1. The molecule has 0 amide bonds. The van der Waals surface area contributed by atoms with Gasteiger partial charge in [0.2, 0.25) is 0 Å². The number of aryl methyl sites for hydroxylation is 1. The van der Waals surface area contributed by atoms with Crippen molar-refractivity contribution in [2.75, 3.05) is 13.2 Å². The number of ether oxygens (including phenoxy) is 1. The number of halogens is 2. The van der Waals surface area contributed by atoms with Gasteiger partial charge in [0, 0.05) is 11.6 Å². The van der Waals surface area contributed by atoms with Crippen LogP contribution in [-0.4, -0.2) is 13.2 Å². The van der Waals surface area contributed by atoms with Crippen molar-refractivity contribution in [3.63, 3.8) is 0 Å². The minimum atomic E-state index is -0.506. The normalized spacial score (nSPS) is 16.5. The van der Waals surface area contributed by atoms with Crippen LogP contribution >= 0.6 is 0 Å². The van der Waals surface area contributed by atoms with Crippen LogP contribution in [0.3, 0.4) is 0 Å². The maximum absolute atomic E-state index is 14.1. The minimum absolute atomic E-state index is 0.241. The number of rotatable bonds is 5. The number of benzene rings is 1. The smallest absolute Gasteiger partial charge is 0.131 e. The molecule has 0 aliphatic carbocycles. The second-order valence-corrected chi connectivity index (χ2v) is 5.18. The molecule has 0 aromatic heterocycles. The summed E-state index contributed by atoms with van der Waals surface area (Å²) in [7, 11) is 0. The Kier molecular flexibility index (Phi) is 5.12. The largest absolute Gasteiger partial charge is 0.501 e. The molecule has 0 radical (unpaired) electrons. The lowest BCUT2D eigenvalue weighted by Gasteiger charge is -2.25. The van der Waals surface area contributed by atoms with Gasteiger partial charge in [0.15, 0.2) is 0 Å². The van der Waals surface area contributed by atoms with Crippen LogP contribution in [0.2, 0.25) is 0 Å². The van der Waals surface area contributed by atoms with Gasteiger partial charge in [0.05, 0.1) is 18.9 Å². The Bertz CT molecular complexity index is 499. The van der Waals surface area contributed by atoms with E-state index in [0.717, 1.165) is 37.4 Å². The molecule has 1 aromatic rings. The highest BCUT2D eigenvalue weighted by atomic mass is 19.1. The molecule has 0 saturated heterocycles. The van der Waals surface area contributed by atoms with Gasteiger partial charge in [-0.05, 0) is 49.9 Å². The molecule has 1 N–H and O–H groups in total. The number of hydrogen-bond donors (Lipinski definition) is 1. The van der Waals surface area contributed by atoms with Gasteiger partial charge in [-0.2, -0.15) is 0 Å². The van der Waals surface area contributed by atoms with E-state index in [1.54, 1.807) is 19.3 Å². The Morgan fingerprint density at radius 3 is 2.75 bits per heavy atom. The molecular formula is C16H21F2NO. The zero-order chi connectivity index (χ0) is 14.5. The molecule has 0 fully saturated rings. The molecular weight excluding hydrogens is 260 g/mol. The van der Waals surface area contributed by atoms with E-state index in [1.807, 2.05) is 0 Å². The van der Waals surface area contributed by atoms with Crippen LogP contribution in [0.25, 0.3) is 0 Å². The first kappa shape index (κ1) is 15.0. The van der Waals surface area contributed by atoms with Gasteiger partial charge >= 0.3 is 0 Å². The highest BCUT2D eigenvalue weighted by Crippen LogP contribution is 2.30. The highest BCUT2D eigenvalue weighted by Gasteiger charge is 2.22. The average molecular weight is 281 g/mol. The van der Waals surface area contributed by atoms with Crippen LogP contribution in [0.4, 0.5) is 8.78 Å². The van der Waals surface area contributed by atoms with Crippen LogP contribution in [0.5, 0.6) is 0 Å². The Labute approximate surface area is 118 Å². The summed E-state index contributed by atoms with van der Waals surface area (Å²) in [6.45, 7) is 5.19. The van der Waals surface area contributed by atoms with E-state index in [9.17, 15) is 8.78 Å². The Morgan fingerprint density at radius 1 is 1.30 bits per heavy atom. The van der Waals surface area contributed by atoms with E-state index in [-0.39, 0.29) is 6.04 Å². The van der Waals surface area contributed by atoms with Crippen molar-refractivity contribution in [3.05, 3.63) is 46.7 Å². The van der Waals surface area contributed by atoms with Crippen LogP contribution < -0.4 is 5.32 Å². The molecule has 1 aromatic carbocycles. The van der Waals surface area contributed by atoms with Gasteiger partial charge in [0.25, 0.3) is 0 Å². The van der Waals surface area contributed by atoms with Gasteiger partial charge in [-0.15, -0.1) is 0 Å². The molecule has 110 valence electrons. The SMILES string of the molecule is CCCNC(C1=COCCC1)c1cc(C)c(F)cc1F. The van der Waals surface area contributed by atoms with Crippen molar-refractivity contribution in [3.8, 4) is 0 Å². The third-order valence-corrected chi connectivity index (χ3v) is 3.52. The average Bonchev–Trinajstić information content (AvgIpc) is 2.45. The fraction of sp³-hybridized carbons (Fsp3) is 0.500. The summed E-state index contributed by atoms with van der Waals surface area (Å²) in [6.07, 6.45) is 4.47. The zero-order valence-corrected chi connectivity index (χ0v) is 12.0. The zero-order valence-electron chi connectivity index (χ0n) is 12.0. The van der Waals surface area contributed by atoms with Crippen LogP contribution in [0.15, 0.2) is 24.0 Å². The standard InChI is InChI=1S/C16H21F2NO/c1-3-6-19-16(12-5-4-7-20-10-12)13-8-11(2)14(17)9-15(13)18/h8-10,16,19H,3-7H2,1-2H3. The molecule has 4 heteroatoms. The first-order valence-corrected chi connectivity index (χ1v) is 7.13. The van der Waals surface area contributed by atoms with E-state index >= 15 is 0 Å². The summed E-state index contributed by atoms with van der Waals surface area (Å²) in [6, 6.07) is 2.32. The van der Waals surface area contributed by atoms with Crippen LogP contribution in [0.1, 0.15) is 43.4 Å². The molecule has 20 heavy (non-hydrogen) atoms. The van der Waals surface area contributed by atoms with E-state index in [1.165, 1.54) is 0 Å². The van der Waals surface area contributed by atoms with E-state index < -0.39 is 11.6 Å². The lowest BCUT2D eigenvalue weighted by Crippen LogP contribution is -2.26. The summed E-state index contributed by atoms with van der Waals surface area (Å²) in [5, 5.41) is 3.33. The van der Waals surface area contributed by atoms with Crippen LogP contribution in [-0.2, 0) is 4.74 Å². The van der Waals surface area contributed by atoms with Crippen LogP contribution in [0, 0.1) is 18.6 Å². The molecule has 1 unspecified atom stereocenters. The molecule has 1 aliphatic rings. The highest BCUT2D eigenvalue weighted by molar-refractivity contribution is 5.33. The lowest BCUT2D eigenvalue weighted by atomic mass is 9.93.